The fraction of sp³-hybridized carbons (Fsp3) is 0.200. The van der Waals surface area contributed by atoms with Crippen LogP contribution in [-0.4, -0.2) is 56.4 Å². The maximum atomic E-state index is 13.1. The molecule has 1 fully saturated rings. The SMILES string of the molecule is O=C(c1ccc(-n2ccnc2)c([N+](=O)[O-])c1)N1CCN(Cc2cccc3ccccc23)CC1. The molecule has 2 heterocycles. The molecule has 0 spiro atoms. The number of benzene rings is 3. The number of imidazole rings is 1. The largest absolute Gasteiger partial charge is 0.336 e. The van der Waals surface area contributed by atoms with Crippen LogP contribution in [-0.2, 0) is 6.54 Å². The van der Waals surface area contributed by atoms with Gasteiger partial charge in [-0.15, -0.1) is 0 Å². The number of carbonyl (C=O) groups is 1. The first kappa shape index (κ1) is 20.8. The molecule has 33 heavy (non-hydrogen) atoms. The van der Waals surface area contributed by atoms with Gasteiger partial charge in [0, 0.05) is 56.7 Å². The van der Waals surface area contributed by atoms with Crippen molar-refractivity contribution in [1.29, 1.82) is 0 Å². The van der Waals surface area contributed by atoms with Crippen LogP contribution in [0, 0.1) is 10.1 Å². The molecule has 5 rings (SSSR count). The first-order chi connectivity index (χ1) is 16.1. The van der Waals surface area contributed by atoms with Crippen LogP contribution in [0.2, 0.25) is 0 Å². The van der Waals surface area contributed by atoms with Crippen LogP contribution in [0.4, 0.5) is 5.69 Å². The van der Waals surface area contributed by atoms with E-state index in [-0.39, 0.29) is 11.6 Å². The van der Waals surface area contributed by atoms with Crippen LogP contribution in [0.1, 0.15) is 15.9 Å². The van der Waals surface area contributed by atoms with Gasteiger partial charge in [0.15, 0.2) is 0 Å². The van der Waals surface area contributed by atoms with Gasteiger partial charge in [0.2, 0.25) is 0 Å². The van der Waals surface area contributed by atoms with Crippen molar-refractivity contribution in [3.63, 3.8) is 0 Å². The topological polar surface area (TPSA) is 84.5 Å². The number of piperazine rings is 1. The highest BCUT2D eigenvalue weighted by atomic mass is 16.6. The van der Waals surface area contributed by atoms with E-state index in [4.69, 9.17) is 0 Å². The van der Waals surface area contributed by atoms with E-state index in [2.05, 4.69) is 46.3 Å². The molecule has 0 saturated carbocycles. The molecule has 1 aromatic heterocycles. The van der Waals surface area contributed by atoms with Crippen molar-refractivity contribution in [2.75, 3.05) is 26.2 Å². The summed E-state index contributed by atoms with van der Waals surface area (Å²) < 4.78 is 1.57. The second kappa shape index (κ2) is 8.84. The normalized spacial score (nSPS) is 14.5. The summed E-state index contributed by atoms with van der Waals surface area (Å²) in [5, 5.41) is 14.1. The summed E-state index contributed by atoms with van der Waals surface area (Å²) in [5.41, 5.74) is 1.87. The summed E-state index contributed by atoms with van der Waals surface area (Å²) in [7, 11) is 0. The summed E-state index contributed by atoms with van der Waals surface area (Å²) >= 11 is 0. The van der Waals surface area contributed by atoms with Crippen molar-refractivity contribution in [2.24, 2.45) is 0 Å². The highest BCUT2D eigenvalue weighted by molar-refractivity contribution is 5.95. The molecule has 0 N–H and O–H groups in total. The Morgan fingerprint density at radius 2 is 1.79 bits per heavy atom. The van der Waals surface area contributed by atoms with Crippen LogP contribution in [0.15, 0.2) is 79.4 Å². The van der Waals surface area contributed by atoms with Crippen LogP contribution >= 0.6 is 0 Å². The molecule has 1 saturated heterocycles. The number of nitro groups is 1. The van der Waals surface area contributed by atoms with Crippen molar-refractivity contribution >= 4 is 22.4 Å². The van der Waals surface area contributed by atoms with E-state index >= 15 is 0 Å². The number of hydrogen-bond donors (Lipinski definition) is 0. The molecule has 0 radical (unpaired) electrons. The van der Waals surface area contributed by atoms with Gasteiger partial charge < -0.3 is 9.47 Å². The molecule has 3 aromatic carbocycles. The van der Waals surface area contributed by atoms with E-state index in [1.807, 2.05) is 6.07 Å². The molecular weight excluding hydrogens is 418 g/mol. The average Bonchev–Trinajstić information content (AvgIpc) is 3.39. The maximum Gasteiger partial charge on any atom is 0.294 e. The van der Waals surface area contributed by atoms with Gasteiger partial charge in [0.25, 0.3) is 11.6 Å². The highest BCUT2D eigenvalue weighted by Gasteiger charge is 2.25. The minimum absolute atomic E-state index is 0.117. The lowest BCUT2D eigenvalue weighted by Crippen LogP contribution is -2.48. The zero-order chi connectivity index (χ0) is 22.8. The standard InChI is InChI=1S/C25H23N5O3/c31-25(20-8-9-23(24(16-20)30(32)33)29-11-10-26-18-29)28-14-12-27(13-15-28)17-21-6-3-5-19-4-1-2-7-22(19)21/h1-11,16,18H,12-15,17H2. The van der Waals surface area contributed by atoms with Gasteiger partial charge in [-0.25, -0.2) is 4.98 Å². The number of nitro benzene ring substituents is 1. The molecule has 0 unspecified atom stereocenters. The smallest absolute Gasteiger partial charge is 0.294 e. The van der Waals surface area contributed by atoms with Gasteiger partial charge in [-0.05, 0) is 28.5 Å². The second-order valence-electron chi connectivity index (χ2n) is 8.14. The Labute approximate surface area is 190 Å². The van der Waals surface area contributed by atoms with Gasteiger partial charge in [-0.1, -0.05) is 42.5 Å². The first-order valence-corrected chi connectivity index (χ1v) is 10.9. The molecule has 0 aliphatic carbocycles. The molecule has 4 aromatic rings. The zero-order valence-corrected chi connectivity index (χ0v) is 18.0. The Morgan fingerprint density at radius 3 is 2.55 bits per heavy atom. The van der Waals surface area contributed by atoms with Crippen molar-refractivity contribution in [2.45, 2.75) is 6.54 Å². The Hall–Kier alpha value is -4.04. The molecule has 1 aliphatic heterocycles. The third kappa shape index (κ3) is 4.20. The maximum absolute atomic E-state index is 13.1. The molecule has 1 amide bonds. The number of aromatic nitrogens is 2. The van der Waals surface area contributed by atoms with Crippen LogP contribution < -0.4 is 0 Å². The Morgan fingerprint density at radius 1 is 1.00 bits per heavy atom. The van der Waals surface area contributed by atoms with Crippen molar-refractivity contribution in [3.05, 3.63) is 101 Å². The van der Waals surface area contributed by atoms with Gasteiger partial charge in [0.1, 0.15) is 5.69 Å². The second-order valence-corrected chi connectivity index (χ2v) is 8.14. The third-order valence-corrected chi connectivity index (χ3v) is 6.14. The minimum Gasteiger partial charge on any atom is -0.336 e. The number of carbonyl (C=O) groups excluding carboxylic acids is 1. The quantitative estimate of drug-likeness (QED) is 0.347. The van der Waals surface area contributed by atoms with Crippen LogP contribution in [0.3, 0.4) is 0 Å². The zero-order valence-electron chi connectivity index (χ0n) is 18.0. The molecule has 8 heteroatoms. The van der Waals surface area contributed by atoms with Gasteiger partial charge in [-0.3, -0.25) is 19.8 Å². The number of nitrogens with zero attached hydrogens (tertiary/aromatic N) is 5. The predicted molar refractivity (Wildman–Crippen MR) is 125 cm³/mol. The van der Waals surface area contributed by atoms with E-state index in [1.54, 1.807) is 34.0 Å². The third-order valence-electron chi connectivity index (χ3n) is 6.14. The number of hydrogen-bond acceptors (Lipinski definition) is 5. The summed E-state index contributed by atoms with van der Waals surface area (Å²) in [6, 6.07) is 19.3. The van der Waals surface area contributed by atoms with Gasteiger partial charge >= 0.3 is 0 Å². The predicted octanol–water partition coefficient (Wildman–Crippen LogP) is 3.89. The van der Waals surface area contributed by atoms with E-state index in [1.165, 1.54) is 28.7 Å². The summed E-state index contributed by atoms with van der Waals surface area (Å²) in [6.45, 7) is 3.50. The molecule has 8 nitrogen and oxygen atoms in total. The molecule has 1 aliphatic rings. The lowest BCUT2D eigenvalue weighted by Gasteiger charge is -2.35. The van der Waals surface area contributed by atoms with Gasteiger partial charge in [0.05, 0.1) is 11.3 Å². The number of amides is 1. The van der Waals surface area contributed by atoms with Crippen molar-refractivity contribution in [1.82, 2.24) is 19.4 Å². The fourth-order valence-electron chi connectivity index (χ4n) is 4.39. The van der Waals surface area contributed by atoms with E-state index in [0.717, 1.165) is 19.6 Å². The molecule has 166 valence electrons. The summed E-state index contributed by atoms with van der Waals surface area (Å²) in [5.74, 6) is -0.180. The van der Waals surface area contributed by atoms with E-state index in [9.17, 15) is 14.9 Å². The molecule has 0 bridgehead atoms. The molecule has 0 atom stereocenters. The number of fused-ring (bicyclic) bond motifs is 1. The van der Waals surface area contributed by atoms with Crippen LogP contribution in [0.25, 0.3) is 16.5 Å². The molecular formula is C25H23N5O3. The monoisotopic (exact) mass is 441 g/mol. The number of rotatable bonds is 5. The van der Waals surface area contributed by atoms with Crippen molar-refractivity contribution in [3.8, 4) is 5.69 Å². The highest BCUT2D eigenvalue weighted by Crippen LogP contribution is 2.25. The Kier molecular flexibility index (Phi) is 5.58. The summed E-state index contributed by atoms with van der Waals surface area (Å²) in [4.78, 5) is 32.3. The lowest BCUT2D eigenvalue weighted by molar-refractivity contribution is -0.384. The first-order valence-electron chi connectivity index (χ1n) is 10.9. The van der Waals surface area contributed by atoms with Gasteiger partial charge in [-0.2, -0.15) is 0 Å². The van der Waals surface area contributed by atoms with E-state index in [0.29, 0.717) is 24.3 Å². The fourth-order valence-corrected chi connectivity index (χ4v) is 4.39. The Bertz CT molecular complexity index is 1310. The Balaban J connectivity index is 1.28. The average molecular weight is 441 g/mol. The summed E-state index contributed by atoms with van der Waals surface area (Å²) in [6.07, 6.45) is 4.69. The van der Waals surface area contributed by atoms with Crippen molar-refractivity contribution < 1.29 is 9.72 Å². The van der Waals surface area contributed by atoms with Crippen LogP contribution in [0.5, 0.6) is 0 Å². The lowest BCUT2D eigenvalue weighted by atomic mass is 10.0. The minimum atomic E-state index is -0.464. The van der Waals surface area contributed by atoms with E-state index < -0.39 is 4.92 Å².